The Balaban J connectivity index is 0. The van der Waals surface area contributed by atoms with E-state index >= 15 is 0 Å². The Morgan fingerprint density at radius 1 is 1.17 bits per heavy atom. The first-order valence-electron chi connectivity index (χ1n) is 2.83. The summed E-state index contributed by atoms with van der Waals surface area (Å²) in [6.07, 6.45) is 7.53. The second-order valence-corrected chi connectivity index (χ2v) is 1.92. The van der Waals surface area contributed by atoms with Crippen molar-refractivity contribution in [3.05, 3.63) is 36.9 Å². The lowest BCUT2D eigenvalue weighted by atomic mass is 10.5. The minimum absolute atomic E-state index is 0. The summed E-state index contributed by atoms with van der Waals surface area (Å²) in [5, 5.41) is 0. The van der Waals surface area contributed by atoms with Gasteiger partial charge >= 0.3 is 0 Å². The van der Waals surface area contributed by atoms with Crippen molar-refractivity contribution in [3.8, 4) is 0 Å². The van der Waals surface area contributed by atoms with Crippen LogP contribution in [0, 0.1) is 0 Å². The van der Waals surface area contributed by atoms with Crippen LogP contribution in [0.3, 0.4) is 0 Å². The van der Waals surface area contributed by atoms with E-state index in [1.165, 1.54) is 0 Å². The zero-order valence-corrected chi connectivity index (χ0v) is 7.81. The van der Waals surface area contributed by atoms with Gasteiger partial charge in [-0.05, 0) is 12.1 Å². The molecular weight excluding hydrogens is 199 g/mol. The SMILES string of the molecule is Cl.Cl.O.c1cc2cnccn2c1. The highest BCUT2D eigenvalue weighted by Gasteiger charge is 1.84. The Bertz CT molecular complexity index is 293. The Morgan fingerprint density at radius 3 is 2.58 bits per heavy atom. The van der Waals surface area contributed by atoms with E-state index in [4.69, 9.17) is 0 Å². The van der Waals surface area contributed by atoms with Gasteiger partial charge in [-0.1, -0.05) is 0 Å². The number of hydrogen-bond donors (Lipinski definition) is 0. The second-order valence-electron chi connectivity index (χ2n) is 1.92. The number of hydrogen-bond acceptors (Lipinski definition) is 1. The molecule has 2 aromatic heterocycles. The lowest BCUT2D eigenvalue weighted by Crippen LogP contribution is -1.79. The lowest BCUT2D eigenvalue weighted by Gasteiger charge is -1.87. The van der Waals surface area contributed by atoms with Crippen LogP contribution in [0.15, 0.2) is 36.9 Å². The molecule has 0 aliphatic rings. The van der Waals surface area contributed by atoms with Crippen LogP contribution < -0.4 is 0 Å². The van der Waals surface area contributed by atoms with E-state index in [2.05, 4.69) is 4.98 Å². The topological polar surface area (TPSA) is 48.8 Å². The smallest absolute Gasteiger partial charge is 0.0634 e. The molecule has 0 unspecified atom stereocenters. The first kappa shape index (κ1) is 13.8. The fourth-order valence-corrected chi connectivity index (χ4v) is 0.882. The molecule has 2 aromatic rings. The molecule has 12 heavy (non-hydrogen) atoms. The van der Waals surface area contributed by atoms with Gasteiger partial charge in [-0.3, -0.25) is 4.98 Å². The van der Waals surface area contributed by atoms with E-state index in [-0.39, 0.29) is 30.3 Å². The predicted octanol–water partition coefficient (Wildman–Crippen LogP) is 1.35. The molecule has 0 aromatic carbocycles. The Kier molecular flexibility index (Phi) is 6.70. The Morgan fingerprint density at radius 2 is 1.92 bits per heavy atom. The summed E-state index contributed by atoms with van der Waals surface area (Å²) >= 11 is 0. The average molecular weight is 209 g/mol. The van der Waals surface area contributed by atoms with Gasteiger partial charge in [0.05, 0.1) is 11.7 Å². The maximum atomic E-state index is 3.96. The highest BCUT2D eigenvalue weighted by Crippen LogP contribution is 1.98. The number of halogens is 2. The first-order valence-corrected chi connectivity index (χ1v) is 2.83. The molecular formula is C7H10Cl2N2O. The highest BCUT2D eigenvalue weighted by atomic mass is 35.5. The monoisotopic (exact) mass is 208 g/mol. The normalized spacial score (nSPS) is 7.67. The van der Waals surface area contributed by atoms with Crippen molar-refractivity contribution in [1.82, 2.24) is 9.38 Å². The molecule has 5 heteroatoms. The fourth-order valence-electron chi connectivity index (χ4n) is 0.882. The standard InChI is InChI=1S/C7H6N2.2ClH.H2O/c1-2-7-6-8-3-5-9(7)4-1;;;/h1-6H;2*1H;1H2. The maximum Gasteiger partial charge on any atom is 0.0634 e. The third kappa shape index (κ3) is 2.37. The van der Waals surface area contributed by atoms with Gasteiger partial charge in [0.1, 0.15) is 0 Å². The van der Waals surface area contributed by atoms with E-state index in [0.29, 0.717) is 0 Å². The van der Waals surface area contributed by atoms with Gasteiger partial charge in [-0.25, -0.2) is 0 Å². The third-order valence-electron chi connectivity index (χ3n) is 1.33. The summed E-state index contributed by atoms with van der Waals surface area (Å²) in [6, 6.07) is 4.02. The van der Waals surface area contributed by atoms with Crippen molar-refractivity contribution in [2.24, 2.45) is 0 Å². The van der Waals surface area contributed by atoms with Gasteiger partial charge in [0.2, 0.25) is 0 Å². The van der Waals surface area contributed by atoms with Crippen LogP contribution in [0.1, 0.15) is 0 Å². The molecule has 2 heterocycles. The first-order chi connectivity index (χ1) is 4.47. The Labute approximate surface area is 82.6 Å². The lowest BCUT2D eigenvalue weighted by molar-refractivity contribution is 0.824. The van der Waals surface area contributed by atoms with Gasteiger partial charge in [-0.2, -0.15) is 0 Å². The molecule has 0 bridgehead atoms. The summed E-state index contributed by atoms with van der Waals surface area (Å²) < 4.78 is 2.02. The van der Waals surface area contributed by atoms with Crippen LogP contribution in [0.2, 0.25) is 0 Å². The van der Waals surface area contributed by atoms with Crippen molar-refractivity contribution in [3.63, 3.8) is 0 Å². The minimum Gasteiger partial charge on any atom is -0.412 e. The molecule has 2 N–H and O–H groups in total. The summed E-state index contributed by atoms with van der Waals surface area (Å²) in [4.78, 5) is 3.96. The number of nitrogens with zero attached hydrogens (tertiary/aromatic N) is 2. The molecule has 0 amide bonds. The van der Waals surface area contributed by atoms with Gasteiger partial charge in [0, 0.05) is 18.6 Å². The summed E-state index contributed by atoms with van der Waals surface area (Å²) in [5.74, 6) is 0. The number of rotatable bonds is 0. The predicted molar refractivity (Wildman–Crippen MR) is 53.3 cm³/mol. The van der Waals surface area contributed by atoms with E-state index < -0.39 is 0 Å². The molecule has 0 spiro atoms. The average Bonchev–Trinajstić information content (AvgIpc) is 2.33. The van der Waals surface area contributed by atoms with Crippen LogP contribution in [0.5, 0.6) is 0 Å². The van der Waals surface area contributed by atoms with Gasteiger partial charge in [-0.15, -0.1) is 24.8 Å². The highest BCUT2D eigenvalue weighted by molar-refractivity contribution is 5.85. The molecule has 0 aliphatic carbocycles. The van der Waals surface area contributed by atoms with E-state index in [1.807, 2.05) is 35.1 Å². The van der Waals surface area contributed by atoms with Crippen LogP contribution >= 0.6 is 24.8 Å². The number of aromatic nitrogens is 2. The molecule has 0 radical (unpaired) electrons. The molecule has 3 nitrogen and oxygen atoms in total. The molecule has 0 aliphatic heterocycles. The van der Waals surface area contributed by atoms with Crippen LogP contribution in [0.25, 0.3) is 5.52 Å². The summed E-state index contributed by atoms with van der Waals surface area (Å²) in [6.45, 7) is 0. The largest absolute Gasteiger partial charge is 0.412 e. The second kappa shape index (κ2) is 5.83. The van der Waals surface area contributed by atoms with E-state index in [0.717, 1.165) is 5.52 Å². The van der Waals surface area contributed by atoms with Crippen LogP contribution in [-0.2, 0) is 0 Å². The van der Waals surface area contributed by atoms with Gasteiger partial charge in [0.25, 0.3) is 0 Å². The Hall–Kier alpha value is -0.770. The van der Waals surface area contributed by atoms with Crippen molar-refractivity contribution < 1.29 is 5.48 Å². The molecule has 0 fully saturated rings. The van der Waals surface area contributed by atoms with Crippen molar-refractivity contribution in [1.29, 1.82) is 0 Å². The van der Waals surface area contributed by atoms with Gasteiger partial charge < -0.3 is 9.88 Å². The van der Waals surface area contributed by atoms with E-state index in [1.54, 1.807) is 6.20 Å². The van der Waals surface area contributed by atoms with E-state index in [9.17, 15) is 0 Å². The van der Waals surface area contributed by atoms with Crippen molar-refractivity contribution in [2.45, 2.75) is 0 Å². The molecule has 2 rings (SSSR count). The number of fused-ring (bicyclic) bond motifs is 1. The summed E-state index contributed by atoms with van der Waals surface area (Å²) in [5.41, 5.74) is 1.14. The van der Waals surface area contributed by atoms with Crippen LogP contribution in [0.4, 0.5) is 0 Å². The quantitative estimate of drug-likeness (QED) is 0.646. The molecule has 68 valence electrons. The molecule has 0 saturated carbocycles. The third-order valence-corrected chi connectivity index (χ3v) is 1.33. The fraction of sp³-hybridized carbons (Fsp3) is 0. The van der Waals surface area contributed by atoms with Crippen molar-refractivity contribution in [2.75, 3.05) is 0 Å². The van der Waals surface area contributed by atoms with Crippen molar-refractivity contribution >= 4 is 30.3 Å². The van der Waals surface area contributed by atoms with Crippen LogP contribution in [-0.4, -0.2) is 14.9 Å². The molecule has 0 saturated heterocycles. The minimum atomic E-state index is 0. The molecule has 0 atom stereocenters. The summed E-state index contributed by atoms with van der Waals surface area (Å²) in [7, 11) is 0. The zero-order valence-electron chi connectivity index (χ0n) is 6.18. The zero-order chi connectivity index (χ0) is 6.10. The maximum absolute atomic E-state index is 3.96. The van der Waals surface area contributed by atoms with Gasteiger partial charge in [0.15, 0.2) is 0 Å².